The molecule has 2 aliphatic heterocycles. The van der Waals surface area contributed by atoms with E-state index < -0.39 is 0 Å². The van der Waals surface area contributed by atoms with Gasteiger partial charge in [0.05, 0.1) is 19.6 Å². The van der Waals surface area contributed by atoms with Crippen molar-refractivity contribution in [2.75, 3.05) is 39.4 Å². The number of nitrogens with zero attached hydrogens (tertiary/aromatic N) is 3. The summed E-state index contributed by atoms with van der Waals surface area (Å²) in [5.74, 6) is 0.223. The van der Waals surface area contributed by atoms with Crippen LogP contribution < -0.4 is 0 Å². The van der Waals surface area contributed by atoms with Crippen LogP contribution in [-0.2, 0) is 16.0 Å². The SMILES string of the molecule is CC(C)N1CCOCC2(CCCN(C(=O)Cc3ccncc3)C2)C1. The number of carbonyl (C=O) groups excluding carboxylic acids is 1. The van der Waals surface area contributed by atoms with Crippen LogP contribution in [0.4, 0.5) is 0 Å². The van der Waals surface area contributed by atoms with Crippen molar-refractivity contribution < 1.29 is 9.53 Å². The molecule has 1 aromatic heterocycles. The minimum atomic E-state index is 0.0902. The van der Waals surface area contributed by atoms with E-state index in [4.69, 9.17) is 4.74 Å². The zero-order chi connectivity index (χ0) is 17.0. The first-order chi connectivity index (χ1) is 11.6. The molecule has 24 heavy (non-hydrogen) atoms. The van der Waals surface area contributed by atoms with Gasteiger partial charge in [0, 0.05) is 50.0 Å². The molecule has 1 spiro atoms. The number of amides is 1. The van der Waals surface area contributed by atoms with Crippen molar-refractivity contribution in [2.45, 2.75) is 39.2 Å². The summed E-state index contributed by atoms with van der Waals surface area (Å²) in [4.78, 5) is 21.3. The molecule has 0 aliphatic carbocycles. The molecule has 3 heterocycles. The molecule has 132 valence electrons. The van der Waals surface area contributed by atoms with E-state index in [1.165, 1.54) is 0 Å². The lowest BCUT2D eigenvalue weighted by molar-refractivity contribution is -0.135. The van der Waals surface area contributed by atoms with Crippen LogP contribution in [0.15, 0.2) is 24.5 Å². The number of hydrogen-bond acceptors (Lipinski definition) is 4. The first kappa shape index (κ1) is 17.4. The highest BCUT2D eigenvalue weighted by atomic mass is 16.5. The topological polar surface area (TPSA) is 45.7 Å². The van der Waals surface area contributed by atoms with E-state index in [0.29, 0.717) is 12.5 Å². The highest BCUT2D eigenvalue weighted by Gasteiger charge is 2.40. The smallest absolute Gasteiger partial charge is 0.227 e. The van der Waals surface area contributed by atoms with Crippen LogP contribution in [0.1, 0.15) is 32.3 Å². The molecule has 2 fully saturated rings. The normalized spacial score (nSPS) is 25.9. The number of aromatic nitrogens is 1. The number of rotatable bonds is 3. The number of piperidine rings is 1. The Morgan fingerprint density at radius 1 is 1.29 bits per heavy atom. The van der Waals surface area contributed by atoms with Gasteiger partial charge < -0.3 is 9.64 Å². The van der Waals surface area contributed by atoms with Crippen LogP contribution in [-0.4, -0.2) is 66.1 Å². The zero-order valence-electron chi connectivity index (χ0n) is 14.9. The van der Waals surface area contributed by atoms with Gasteiger partial charge in [0.2, 0.25) is 5.91 Å². The summed E-state index contributed by atoms with van der Waals surface area (Å²) in [5.41, 5.74) is 1.13. The standard InChI is InChI=1S/C19H29N3O2/c1-16(2)21-10-11-24-15-19(13-21)6-3-9-22(14-19)18(23)12-17-4-7-20-8-5-17/h4-5,7-8,16H,3,6,9-15H2,1-2H3. The van der Waals surface area contributed by atoms with Gasteiger partial charge in [0.25, 0.3) is 0 Å². The molecule has 1 unspecified atom stereocenters. The largest absolute Gasteiger partial charge is 0.379 e. The third-order valence-electron chi connectivity index (χ3n) is 5.32. The number of hydrogen-bond donors (Lipinski definition) is 0. The van der Waals surface area contributed by atoms with Gasteiger partial charge in [0.15, 0.2) is 0 Å². The van der Waals surface area contributed by atoms with E-state index in [-0.39, 0.29) is 11.3 Å². The van der Waals surface area contributed by atoms with Gasteiger partial charge in [0.1, 0.15) is 0 Å². The van der Waals surface area contributed by atoms with Crippen molar-refractivity contribution in [3.05, 3.63) is 30.1 Å². The second-order valence-electron chi connectivity index (χ2n) is 7.57. The summed E-state index contributed by atoms with van der Waals surface area (Å²) >= 11 is 0. The molecule has 2 saturated heterocycles. The maximum Gasteiger partial charge on any atom is 0.227 e. The van der Waals surface area contributed by atoms with Gasteiger partial charge in [-0.15, -0.1) is 0 Å². The van der Waals surface area contributed by atoms with Crippen LogP contribution >= 0.6 is 0 Å². The van der Waals surface area contributed by atoms with Crippen molar-refractivity contribution in [3.63, 3.8) is 0 Å². The molecule has 1 atom stereocenters. The molecule has 0 radical (unpaired) electrons. The molecular formula is C19H29N3O2. The van der Waals surface area contributed by atoms with Crippen LogP contribution in [0, 0.1) is 5.41 Å². The summed E-state index contributed by atoms with van der Waals surface area (Å²) in [6.07, 6.45) is 6.18. The van der Waals surface area contributed by atoms with E-state index in [9.17, 15) is 4.79 Å². The summed E-state index contributed by atoms with van der Waals surface area (Å²) in [7, 11) is 0. The van der Waals surface area contributed by atoms with Gasteiger partial charge in [-0.3, -0.25) is 14.7 Å². The van der Waals surface area contributed by atoms with Crippen molar-refractivity contribution in [1.29, 1.82) is 0 Å². The minimum absolute atomic E-state index is 0.0902. The summed E-state index contributed by atoms with van der Waals surface area (Å²) < 4.78 is 5.93. The Bertz CT molecular complexity index is 549. The Balaban J connectivity index is 1.67. The third-order valence-corrected chi connectivity index (χ3v) is 5.32. The first-order valence-electron chi connectivity index (χ1n) is 9.06. The number of carbonyl (C=O) groups is 1. The number of likely N-dealkylation sites (tertiary alicyclic amines) is 1. The highest BCUT2D eigenvalue weighted by molar-refractivity contribution is 5.78. The number of ether oxygens (including phenoxy) is 1. The predicted octanol–water partition coefficient (Wildman–Crippen LogP) is 1.97. The minimum Gasteiger partial charge on any atom is -0.379 e. The number of pyridine rings is 1. The van der Waals surface area contributed by atoms with Crippen LogP contribution in [0.25, 0.3) is 0 Å². The van der Waals surface area contributed by atoms with Gasteiger partial charge in [-0.25, -0.2) is 0 Å². The molecule has 1 amide bonds. The van der Waals surface area contributed by atoms with E-state index in [1.54, 1.807) is 12.4 Å². The summed E-state index contributed by atoms with van der Waals surface area (Å²) in [6, 6.07) is 4.37. The Hall–Kier alpha value is -1.46. The average Bonchev–Trinajstić information content (AvgIpc) is 2.79. The summed E-state index contributed by atoms with van der Waals surface area (Å²) in [5, 5.41) is 0. The lowest BCUT2D eigenvalue weighted by Gasteiger charge is -2.44. The van der Waals surface area contributed by atoms with Crippen molar-refractivity contribution in [2.24, 2.45) is 5.41 Å². The Morgan fingerprint density at radius 2 is 2.08 bits per heavy atom. The molecular weight excluding hydrogens is 302 g/mol. The van der Waals surface area contributed by atoms with E-state index in [2.05, 4.69) is 28.6 Å². The predicted molar refractivity (Wildman–Crippen MR) is 93.7 cm³/mol. The first-order valence-corrected chi connectivity index (χ1v) is 9.06. The van der Waals surface area contributed by atoms with Crippen molar-refractivity contribution >= 4 is 5.91 Å². The Morgan fingerprint density at radius 3 is 2.83 bits per heavy atom. The molecule has 5 heteroatoms. The molecule has 0 N–H and O–H groups in total. The van der Waals surface area contributed by atoms with Crippen molar-refractivity contribution in [1.82, 2.24) is 14.8 Å². The maximum absolute atomic E-state index is 12.7. The van der Waals surface area contributed by atoms with Crippen molar-refractivity contribution in [3.8, 4) is 0 Å². The molecule has 3 rings (SSSR count). The second-order valence-corrected chi connectivity index (χ2v) is 7.57. The highest BCUT2D eigenvalue weighted by Crippen LogP contribution is 2.33. The average molecular weight is 331 g/mol. The fourth-order valence-electron chi connectivity index (χ4n) is 3.92. The molecule has 1 aromatic rings. The molecule has 0 aromatic carbocycles. The third kappa shape index (κ3) is 4.14. The van der Waals surface area contributed by atoms with Gasteiger partial charge in [-0.1, -0.05) is 0 Å². The van der Waals surface area contributed by atoms with Gasteiger partial charge in [-0.05, 0) is 44.4 Å². The van der Waals surface area contributed by atoms with Gasteiger partial charge in [-0.2, -0.15) is 0 Å². The quantitative estimate of drug-likeness (QED) is 0.849. The van der Waals surface area contributed by atoms with Crippen LogP contribution in [0.2, 0.25) is 0 Å². The zero-order valence-corrected chi connectivity index (χ0v) is 14.9. The molecule has 2 aliphatic rings. The Labute approximate surface area is 145 Å². The second kappa shape index (κ2) is 7.62. The van der Waals surface area contributed by atoms with Crippen LogP contribution in [0.3, 0.4) is 0 Å². The lowest BCUT2D eigenvalue weighted by atomic mass is 9.79. The van der Waals surface area contributed by atoms with E-state index in [1.807, 2.05) is 12.1 Å². The molecule has 0 saturated carbocycles. The molecule has 5 nitrogen and oxygen atoms in total. The van der Waals surface area contributed by atoms with Crippen LogP contribution in [0.5, 0.6) is 0 Å². The molecule has 0 bridgehead atoms. The summed E-state index contributed by atoms with van der Waals surface area (Å²) in [6.45, 7) is 9.77. The monoisotopic (exact) mass is 331 g/mol. The lowest BCUT2D eigenvalue weighted by Crippen LogP contribution is -2.53. The fraction of sp³-hybridized carbons (Fsp3) is 0.684. The maximum atomic E-state index is 12.7. The van der Waals surface area contributed by atoms with E-state index >= 15 is 0 Å². The fourth-order valence-corrected chi connectivity index (χ4v) is 3.92. The van der Waals surface area contributed by atoms with E-state index in [0.717, 1.165) is 57.8 Å². The van der Waals surface area contributed by atoms with Gasteiger partial charge >= 0.3 is 0 Å². The Kier molecular flexibility index (Phi) is 5.51.